The largest absolute Gasteiger partial charge is 0.333 e. The summed E-state index contributed by atoms with van der Waals surface area (Å²) in [6.07, 6.45) is 3.34. The van der Waals surface area contributed by atoms with Crippen LogP contribution in [0.3, 0.4) is 0 Å². The number of rotatable bonds is 4. The van der Waals surface area contributed by atoms with Crippen LogP contribution in [0.4, 0.5) is 0 Å². The fourth-order valence-electron chi connectivity index (χ4n) is 2.16. The molecule has 3 rings (SSSR count). The molecule has 118 valence electrons. The van der Waals surface area contributed by atoms with Crippen molar-refractivity contribution in [3.8, 4) is 10.8 Å². The predicted molar refractivity (Wildman–Crippen MR) is 92.7 cm³/mol. The molecule has 0 fully saturated rings. The molecular formula is C16H16N4OS2. The van der Waals surface area contributed by atoms with E-state index in [2.05, 4.69) is 15.0 Å². The van der Waals surface area contributed by atoms with Crippen LogP contribution >= 0.6 is 22.7 Å². The summed E-state index contributed by atoms with van der Waals surface area (Å²) in [5.74, 6) is 0.525. The second-order valence-corrected chi connectivity index (χ2v) is 7.09. The first-order valence-electron chi connectivity index (χ1n) is 7.13. The van der Waals surface area contributed by atoms with Gasteiger partial charge in [0.2, 0.25) is 0 Å². The second kappa shape index (κ2) is 6.55. The van der Waals surface area contributed by atoms with Crippen LogP contribution in [0, 0.1) is 6.92 Å². The Hall–Kier alpha value is -2.12. The van der Waals surface area contributed by atoms with Crippen molar-refractivity contribution in [2.45, 2.75) is 19.9 Å². The van der Waals surface area contributed by atoms with Gasteiger partial charge in [0.05, 0.1) is 11.7 Å². The number of hydrogen-bond acceptors (Lipinski definition) is 6. The number of carbonyl (C=O) groups excluding carboxylic acids is 1. The average Bonchev–Trinajstić information content (AvgIpc) is 3.23. The molecule has 23 heavy (non-hydrogen) atoms. The van der Waals surface area contributed by atoms with E-state index in [1.165, 1.54) is 11.3 Å². The molecule has 1 atom stereocenters. The molecule has 0 saturated carbocycles. The molecule has 0 radical (unpaired) electrons. The van der Waals surface area contributed by atoms with Crippen molar-refractivity contribution in [2.24, 2.45) is 0 Å². The summed E-state index contributed by atoms with van der Waals surface area (Å²) >= 11 is 2.99. The van der Waals surface area contributed by atoms with Gasteiger partial charge in [0, 0.05) is 24.3 Å². The molecular weight excluding hydrogens is 328 g/mol. The molecule has 3 aromatic heterocycles. The number of thiophene rings is 1. The third-order valence-electron chi connectivity index (χ3n) is 3.60. The third kappa shape index (κ3) is 3.16. The zero-order valence-corrected chi connectivity index (χ0v) is 14.7. The van der Waals surface area contributed by atoms with Crippen LogP contribution in [0.5, 0.6) is 0 Å². The van der Waals surface area contributed by atoms with E-state index < -0.39 is 0 Å². The summed E-state index contributed by atoms with van der Waals surface area (Å²) in [6, 6.07) is 5.83. The van der Waals surface area contributed by atoms with Gasteiger partial charge in [-0.15, -0.1) is 22.7 Å². The Labute approximate surface area is 142 Å². The summed E-state index contributed by atoms with van der Waals surface area (Å²) in [5, 5.41) is 2.69. The highest BCUT2D eigenvalue weighted by Crippen LogP contribution is 2.29. The van der Waals surface area contributed by atoms with Gasteiger partial charge in [0.15, 0.2) is 10.8 Å². The van der Waals surface area contributed by atoms with Crippen molar-refractivity contribution in [1.29, 1.82) is 0 Å². The van der Waals surface area contributed by atoms with E-state index in [9.17, 15) is 4.79 Å². The van der Waals surface area contributed by atoms with Crippen LogP contribution < -0.4 is 0 Å². The molecule has 0 saturated heterocycles. The molecule has 3 heterocycles. The van der Waals surface area contributed by atoms with Crippen molar-refractivity contribution in [3.63, 3.8) is 0 Å². The lowest BCUT2D eigenvalue weighted by Gasteiger charge is -2.23. The van der Waals surface area contributed by atoms with Crippen molar-refractivity contribution in [2.75, 3.05) is 7.05 Å². The van der Waals surface area contributed by atoms with Gasteiger partial charge < -0.3 is 4.90 Å². The molecule has 0 spiro atoms. The first-order chi connectivity index (χ1) is 11.1. The van der Waals surface area contributed by atoms with Gasteiger partial charge in [0.1, 0.15) is 4.88 Å². The van der Waals surface area contributed by atoms with Crippen molar-refractivity contribution >= 4 is 28.6 Å². The van der Waals surface area contributed by atoms with Gasteiger partial charge in [-0.2, -0.15) is 0 Å². The van der Waals surface area contributed by atoms with Crippen LogP contribution in [0.15, 0.2) is 36.0 Å². The Balaban J connectivity index is 1.87. The van der Waals surface area contributed by atoms with E-state index in [1.54, 1.807) is 34.7 Å². The van der Waals surface area contributed by atoms with Crippen molar-refractivity contribution in [3.05, 3.63) is 51.4 Å². The van der Waals surface area contributed by atoms with Crippen LogP contribution in [0.25, 0.3) is 10.8 Å². The number of aryl methyl sites for hydroxylation is 1. The molecule has 3 aromatic rings. The third-order valence-corrected chi connectivity index (χ3v) is 5.79. The van der Waals surface area contributed by atoms with Gasteiger partial charge in [-0.1, -0.05) is 6.07 Å². The number of thiazole rings is 1. The van der Waals surface area contributed by atoms with E-state index in [0.717, 1.165) is 4.88 Å². The van der Waals surface area contributed by atoms with Gasteiger partial charge in [-0.05, 0) is 31.4 Å². The maximum atomic E-state index is 12.8. The Kier molecular flexibility index (Phi) is 4.49. The average molecular weight is 344 g/mol. The van der Waals surface area contributed by atoms with E-state index in [0.29, 0.717) is 21.4 Å². The monoisotopic (exact) mass is 344 g/mol. The Morgan fingerprint density at radius 3 is 2.65 bits per heavy atom. The number of carbonyl (C=O) groups is 1. The van der Waals surface area contributed by atoms with E-state index >= 15 is 0 Å². The molecule has 0 N–H and O–H groups in total. The smallest absolute Gasteiger partial charge is 0.266 e. The quantitative estimate of drug-likeness (QED) is 0.722. The summed E-state index contributed by atoms with van der Waals surface area (Å²) in [5.41, 5.74) is 0.715. The van der Waals surface area contributed by atoms with E-state index in [4.69, 9.17) is 0 Å². The SMILES string of the molecule is Cc1nc(-c2ncccn2)sc1C(=O)N(C)C(C)c1cccs1. The van der Waals surface area contributed by atoms with Crippen molar-refractivity contribution < 1.29 is 4.79 Å². The number of hydrogen-bond donors (Lipinski definition) is 0. The molecule has 7 heteroatoms. The summed E-state index contributed by atoms with van der Waals surface area (Å²) in [4.78, 5) is 29.2. The maximum Gasteiger partial charge on any atom is 0.266 e. The van der Waals surface area contributed by atoms with Gasteiger partial charge >= 0.3 is 0 Å². The van der Waals surface area contributed by atoms with E-state index in [1.807, 2.05) is 38.4 Å². The highest BCUT2D eigenvalue weighted by Gasteiger charge is 2.24. The minimum Gasteiger partial charge on any atom is -0.333 e. The Morgan fingerprint density at radius 1 is 1.26 bits per heavy atom. The van der Waals surface area contributed by atoms with E-state index in [-0.39, 0.29) is 11.9 Å². The highest BCUT2D eigenvalue weighted by atomic mass is 32.1. The number of nitrogens with zero attached hydrogens (tertiary/aromatic N) is 4. The zero-order valence-electron chi connectivity index (χ0n) is 13.1. The molecule has 0 aliphatic heterocycles. The van der Waals surface area contributed by atoms with Crippen LogP contribution in [0.1, 0.15) is 33.2 Å². The lowest BCUT2D eigenvalue weighted by Crippen LogP contribution is -2.29. The Bertz CT molecular complexity index is 799. The second-order valence-electron chi connectivity index (χ2n) is 5.11. The summed E-state index contributed by atoms with van der Waals surface area (Å²) in [6.45, 7) is 3.88. The predicted octanol–water partition coefficient (Wildman–Crippen LogP) is 3.80. The number of amides is 1. The minimum absolute atomic E-state index is 0.0249. The standard InChI is InChI=1S/C16H16N4OS2/c1-10-13(23-15(19-10)14-17-7-5-8-18-14)16(21)20(3)11(2)12-6-4-9-22-12/h4-9,11H,1-3H3. The first-order valence-corrected chi connectivity index (χ1v) is 8.83. The summed E-state index contributed by atoms with van der Waals surface area (Å²) in [7, 11) is 1.82. The van der Waals surface area contributed by atoms with Crippen LogP contribution in [-0.4, -0.2) is 32.8 Å². The zero-order chi connectivity index (χ0) is 16.4. The number of aromatic nitrogens is 3. The maximum absolute atomic E-state index is 12.8. The molecule has 1 unspecified atom stereocenters. The first kappa shape index (κ1) is 15.8. The van der Waals surface area contributed by atoms with Gasteiger partial charge in [-0.25, -0.2) is 15.0 Å². The molecule has 5 nitrogen and oxygen atoms in total. The summed E-state index contributed by atoms with van der Waals surface area (Å²) < 4.78 is 0. The molecule has 0 aromatic carbocycles. The fraction of sp³-hybridized carbons (Fsp3) is 0.250. The topological polar surface area (TPSA) is 59.0 Å². The lowest BCUT2D eigenvalue weighted by molar-refractivity contribution is 0.0749. The molecule has 0 aliphatic rings. The molecule has 0 aliphatic carbocycles. The normalized spacial score (nSPS) is 12.1. The van der Waals surface area contributed by atoms with Crippen LogP contribution in [-0.2, 0) is 0 Å². The molecule has 0 bridgehead atoms. The molecule has 1 amide bonds. The Morgan fingerprint density at radius 2 is 2.00 bits per heavy atom. The fourth-order valence-corrected chi connectivity index (χ4v) is 3.98. The highest BCUT2D eigenvalue weighted by molar-refractivity contribution is 7.17. The van der Waals surface area contributed by atoms with Gasteiger partial charge in [-0.3, -0.25) is 4.79 Å². The van der Waals surface area contributed by atoms with Gasteiger partial charge in [0.25, 0.3) is 5.91 Å². The minimum atomic E-state index is -0.0249. The van der Waals surface area contributed by atoms with Crippen molar-refractivity contribution in [1.82, 2.24) is 19.9 Å². The lowest BCUT2D eigenvalue weighted by atomic mass is 10.2. The van der Waals surface area contributed by atoms with Crippen LogP contribution in [0.2, 0.25) is 0 Å².